The van der Waals surface area contributed by atoms with Crippen LogP contribution in [0.25, 0.3) is 10.2 Å². The highest BCUT2D eigenvalue weighted by atomic mass is 32.2. The normalized spacial score (nSPS) is 14.8. The molecule has 158 valence electrons. The van der Waals surface area contributed by atoms with Gasteiger partial charge >= 0.3 is 0 Å². The molecule has 1 aliphatic heterocycles. The van der Waals surface area contributed by atoms with Crippen LogP contribution in [0.4, 0.5) is 0 Å². The highest BCUT2D eigenvalue weighted by molar-refractivity contribution is 7.89. The maximum absolute atomic E-state index is 13.3. The number of rotatable bonds is 5. The average molecular weight is 453 g/mol. The zero-order chi connectivity index (χ0) is 21.3. The third kappa shape index (κ3) is 4.14. The quantitative estimate of drug-likeness (QED) is 0.482. The van der Waals surface area contributed by atoms with Gasteiger partial charge in [-0.2, -0.15) is 4.72 Å². The fourth-order valence-corrected chi connectivity index (χ4v) is 5.78. The predicted molar refractivity (Wildman–Crippen MR) is 120 cm³/mol. The minimum absolute atomic E-state index is 0.124. The summed E-state index contributed by atoms with van der Waals surface area (Å²) >= 11 is 1.48. The Kier molecular flexibility index (Phi) is 5.35. The van der Waals surface area contributed by atoms with Crippen LogP contribution in [0.2, 0.25) is 0 Å². The van der Waals surface area contributed by atoms with E-state index in [0.717, 1.165) is 22.2 Å². The molecule has 1 aromatic heterocycles. The molecule has 0 saturated carbocycles. The highest BCUT2D eigenvalue weighted by Crippen LogP contribution is 2.34. The number of fused-ring (bicyclic) bond motifs is 2. The molecule has 0 spiro atoms. The lowest BCUT2D eigenvalue weighted by Gasteiger charge is -2.18. The molecule has 1 N–H and O–H groups in total. The predicted octanol–water partition coefficient (Wildman–Crippen LogP) is 4.53. The first-order chi connectivity index (χ1) is 15.1. The van der Waals surface area contributed by atoms with E-state index in [9.17, 15) is 8.42 Å². The number of benzene rings is 3. The van der Waals surface area contributed by atoms with Crippen LogP contribution in [0, 0.1) is 0 Å². The van der Waals surface area contributed by atoms with Gasteiger partial charge in [-0.15, -0.1) is 11.3 Å². The Hall–Kier alpha value is -2.94. The molecule has 1 aliphatic rings. The number of hydrogen-bond acceptors (Lipinski definition) is 6. The first kappa shape index (κ1) is 20.0. The first-order valence-corrected chi connectivity index (χ1v) is 12.2. The van der Waals surface area contributed by atoms with Gasteiger partial charge in [0.1, 0.15) is 5.01 Å². The van der Waals surface area contributed by atoms with E-state index in [1.54, 1.807) is 6.07 Å². The summed E-state index contributed by atoms with van der Waals surface area (Å²) < 4.78 is 41.8. The molecule has 4 aromatic rings. The summed E-state index contributed by atoms with van der Waals surface area (Å²) in [4.78, 5) is 4.82. The van der Waals surface area contributed by atoms with Crippen LogP contribution < -0.4 is 14.2 Å². The minimum Gasteiger partial charge on any atom is -0.490 e. The van der Waals surface area contributed by atoms with Crippen LogP contribution in [-0.4, -0.2) is 26.6 Å². The number of aromatic nitrogens is 1. The summed E-state index contributed by atoms with van der Waals surface area (Å²) in [6, 6.07) is 21.3. The second-order valence-electron chi connectivity index (χ2n) is 7.14. The van der Waals surface area contributed by atoms with Crippen molar-refractivity contribution in [1.29, 1.82) is 0 Å². The Morgan fingerprint density at radius 3 is 2.45 bits per heavy atom. The zero-order valence-corrected chi connectivity index (χ0v) is 18.2. The molecule has 6 nitrogen and oxygen atoms in total. The summed E-state index contributed by atoms with van der Waals surface area (Å²) in [6.45, 7) is 1.04. The number of nitrogens with zero attached hydrogens (tertiary/aromatic N) is 1. The summed E-state index contributed by atoms with van der Waals surface area (Å²) in [7, 11) is -3.86. The summed E-state index contributed by atoms with van der Waals surface area (Å²) in [5.41, 5.74) is 1.66. The van der Waals surface area contributed by atoms with Gasteiger partial charge in [-0.1, -0.05) is 42.5 Å². The maximum Gasteiger partial charge on any atom is 0.241 e. The molecule has 3 aromatic carbocycles. The SMILES string of the molecule is O=S(=O)(NC(c1ccccc1)c1nc2ccccc2s1)c1ccc2c(c1)OCCCO2. The van der Waals surface area contributed by atoms with Gasteiger partial charge in [0, 0.05) is 12.5 Å². The number of nitrogens with one attached hydrogen (secondary N) is 1. The van der Waals surface area contributed by atoms with Crippen molar-refractivity contribution in [2.45, 2.75) is 17.4 Å². The maximum atomic E-state index is 13.3. The van der Waals surface area contributed by atoms with Crippen LogP contribution in [-0.2, 0) is 10.0 Å². The van der Waals surface area contributed by atoms with E-state index in [1.165, 1.54) is 23.5 Å². The van der Waals surface area contributed by atoms with Crippen molar-refractivity contribution in [2.75, 3.05) is 13.2 Å². The van der Waals surface area contributed by atoms with Crippen molar-refractivity contribution in [2.24, 2.45) is 0 Å². The van der Waals surface area contributed by atoms with Crippen molar-refractivity contribution < 1.29 is 17.9 Å². The van der Waals surface area contributed by atoms with Gasteiger partial charge in [0.15, 0.2) is 11.5 Å². The third-order valence-electron chi connectivity index (χ3n) is 4.99. The second-order valence-corrected chi connectivity index (χ2v) is 9.92. The van der Waals surface area contributed by atoms with Gasteiger partial charge in [-0.05, 0) is 29.8 Å². The number of ether oxygens (including phenoxy) is 2. The minimum atomic E-state index is -3.86. The number of sulfonamides is 1. The Bertz CT molecular complexity index is 1290. The topological polar surface area (TPSA) is 77.5 Å². The van der Waals surface area contributed by atoms with Crippen LogP contribution >= 0.6 is 11.3 Å². The van der Waals surface area contributed by atoms with Gasteiger partial charge < -0.3 is 9.47 Å². The van der Waals surface area contributed by atoms with Crippen LogP contribution in [0.3, 0.4) is 0 Å². The molecule has 5 rings (SSSR count). The lowest BCUT2D eigenvalue weighted by molar-refractivity contribution is 0.297. The van der Waals surface area contributed by atoms with Gasteiger partial charge in [0.2, 0.25) is 10.0 Å². The van der Waals surface area contributed by atoms with E-state index in [-0.39, 0.29) is 4.90 Å². The zero-order valence-electron chi connectivity index (χ0n) is 16.5. The lowest BCUT2D eigenvalue weighted by atomic mass is 10.1. The van der Waals surface area contributed by atoms with Crippen LogP contribution in [0.1, 0.15) is 23.0 Å². The molecule has 0 bridgehead atoms. The van der Waals surface area contributed by atoms with Gasteiger partial charge in [-0.3, -0.25) is 0 Å². The number of para-hydroxylation sites is 1. The van der Waals surface area contributed by atoms with E-state index < -0.39 is 16.1 Å². The van der Waals surface area contributed by atoms with Gasteiger partial charge in [-0.25, -0.2) is 13.4 Å². The Labute approximate surface area is 184 Å². The molecule has 31 heavy (non-hydrogen) atoms. The fourth-order valence-electron chi connectivity index (χ4n) is 3.45. The van der Waals surface area contributed by atoms with Crippen molar-refractivity contribution in [3.63, 3.8) is 0 Å². The molecule has 2 heterocycles. The van der Waals surface area contributed by atoms with E-state index in [1.807, 2.05) is 54.6 Å². The van der Waals surface area contributed by atoms with Crippen molar-refractivity contribution in [3.05, 3.63) is 83.4 Å². The Balaban J connectivity index is 1.54. The Morgan fingerprint density at radius 2 is 1.65 bits per heavy atom. The lowest BCUT2D eigenvalue weighted by Crippen LogP contribution is -2.29. The van der Waals surface area contributed by atoms with Crippen LogP contribution in [0.15, 0.2) is 77.7 Å². The molecule has 1 unspecified atom stereocenters. The standard InChI is InChI=1S/C23H20N2O4S2/c26-31(27,17-11-12-19-20(15-17)29-14-6-13-28-19)25-22(16-7-2-1-3-8-16)23-24-18-9-4-5-10-21(18)30-23/h1-5,7-12,15,22,25H,6,13-14H2. The molecular formula is C23H20N2O4S2. The monoisotopic (exact) mass is 452 g/mol. The second kappa shape index (κ2) is 8.30. The van der Waals surface area contributed by atoms with Crippen molar-refractivity contribution in [3.8, 4) is 11.5 Å². The summed E-state index contributed by atoms with van der Waals surface area (Å²) in [6.07, 6.45) is 0.753. The molecule has 0 aliphatic carbocycles. The van der Waals surface area contributed by atoms with Gasteiger partial charge in [0.05, 0.1) is 34.4 Å². The molecule has 1 atom stereocenters. The first-order valence-electron chi connectivity index (χ1n) is 9.92. The van der Waals surface area contributed by atoms with E-state index in [4.69, 9.17) is 14.5 Å². The van der Waals surface area contributed by atoms with Gasteiger partial charge in [0.25, 0.3) is 0 Å². The fraction of sp³-hybridized carbons (Fsp3) is 0.174. The smallest absolute Gasteiger partial charge is 0.241 e. The van der Waals surface area contributed by atoms with Crippen LogP contribution in [0.5, 0.6) is 11.5 Å². The summed E-state index contributed by atoms with van der Waals surface area (Å²) in [5, 5.41) is 0.685. The molecule has 0 fully saturated rings. The summed E-state index contributed by atoms with van der Waals surface area (Å²) in [5.74, 6) is 0.999. The average Bonchev–Trinajstić information content (AvgIpc) is 3.08. The van der Waals surface area contributed by atoms with Crippen molar-refractivity contribution in [1.82, 2.24) is 9.71 Å². The van der Waals surface area contributed by atoms with Crippen molar-refractivity contribution >= 4 is 31.6 Å². The molecule has 0 radical (unpaired) electrons. The largest absolute Gasteiger partial charge is 0.490 e. The molecular weight excluding hydrogens is 432 g/mol. The van der Waals surface area contributed by atoms with E-state index in [2.05, 4.69) is 4.72 Å². The van der Waals surface area contributed by atoms with E-state index in [0.29, 0.717) is 29.7 Å². The highest BCUT2D eigenvalue weighted by Gasteiger charge is 2.27. The molecule has 0 amide bonds. The molecule has 0 saturated heterocycles. The Morgan fingerprint density at radius 1 is 0.903 bits per heavy atom. The number of hydrogen-bond donors (Lipinski definition) is 1. The third-order valence-corrected chi connectivity index (χ3v) is 7.51. The molecule has 8 heteroatoms. The van der Waals surface area contributed by atoms with E-state index >= 15 is 0 Å². The number of thiazole rings is 1.